The normalized spacial score (nSPS) is 21.1. The largest absolute Gasteiger partial charge is 0.378 e. The molecule has 0 amide bonds. The Hall–Kier alpha value is -2.25. The zero-order valence-electron chi connectivity index (χ0n) is 15.3. The van der Waals surface area contributed by atoms with Crippen molar-refractivity contribution in [1.82, 2.24) is 19.9 Å². The number of anilines is 2. The van der Waals surface area contributed by atoms with Gasteiger partial charge in [-0.25, -0.2) is 4.98 Å². The van der Waals surface area contributed by atoms with E-state index in [0.717, 1.165) is 69.8 Å². The fourth-order valence-corrected chi connectivity index (χ4v) is 3.59. The van der Waals surface area contributed by atoms with Gasteiger partial charge in [-0.05, 0) is 31.0 Å². The van der Waals surface area contributed by atoms with Crippen molar-refractivity contribution in [2.75, 3.05) is 49.6 Å². The third-order valence-electron chi connectivity index (χ3n) is 5.09. The fourth-order valence-electron chi connectivity index (χ4n) is 3.59. The van der Waals surface area contributed by atoms with Crippen LogP contribution >= 0.6 is 0 Å². The summed E-state index contributed by atoms with van der Waals surface area (Å²) in [7, 11) is 0. The first-order chi connectivity index (χ1) is 12.8. The van der Waals surface area contributed by atoms with Crippen molar-refractivity contribution in [1.29, 1.82) is 0 Å². The maximum absolute atomic E-state index is 5.42. The molecule has 2 aromatic heterocycles. The summed E-state index contributed by atoms with van der Waals surface area (Å²) in [6.45, 7) is 8.40. The number of morpholine rings is 1. The smallest absolute Gasteiger partial charge is 0.224 e. The first-order valence-corrected chi connectivity index (χ1v) is 9.33. The molecule has 1 atom stereocenters. The Morgan fingerprint density at radius 1 is 1.15 bits per heavy atom. The molecule has 0 saturated carbocycles. The van der Waals surface area contributed by atoms with Gasteiger partial charge in [-0.2, -0.15) is 4.98 Å². The van der Waals surface area contributed by atoms with Crippen LogP contribution in [0.25, 0.3) is 0 Å². The zero-order valence-corrected chi connectivity index (χ0v) is 15.3. The van der Waals surface area contributed by atoms with Crippen molar-refractivity contribution in [2.45, 2.75) is 25.9 Å². The van der Waals surface area contributed by atoms with Crippen molar-refractivity contribution in [3.63, 3.8) is 0 Å². The van der Waals surface area contributed by atoms with Crippen LogP contribution < -0.4 is 10.2 Å². The van der Waals surface area contributed by atoms with Gasteiger partial charge >= 0.3 is 0 Å². The number of pyridine rings is 1. The Balaban J connectivity index is 1.34. The predicted octanol–water partition coefficient (Wildman–Crippen LogP) is 1.70. The number of ether oxygens (including phenoxy) is 1. The van der Waals surface area contributed by atoms with Crippen LogP contribution in [0, 0.1) is 6.92 Å². The molecular weight excluding hydrogens is 328 g/mol. The van der Waals surface area contributed by atoms with Crippen molar-refractivity contribution >= 4 is 11.8 Å². The second-order valence-corrected chi connectivity index (χ2v) is 6.95. The van der Waals surface area contributed by atoms with E-state index in [-0.39, 0.29) is 0 Å². The monoisotopic (exact) mass is 354 g/mol. The lowest BCUT2D eigenvalue weighted by molar-refractivity contribution is 0.122. The van der Waals surface area contributed by atoms with Crippen molar-refractivity contribution in [2.24, 2.45) is 0 Å². The molecule has 7 heteroatoms. The lowest BCUT2D eigenvalue weighted by Crippen LogP contribution is -2.37. The Bertz CT molecular complexity index is 733. The predicted molar refractivity (Wildman–Crippen MR) is 101 cm³/mol. The van der Waals surface area contributed by atoms with E-state index in [4.69, 9.17) is 9.72 Å². The standard InChI is InChI=1S/C19H26N6O/c1-15-16(3-2-6-20-15)13-24-8-5-17(14-24)22-19-21-7-4-18(23-19)25-9-11-26-12-10-25/h2-4,6-7,17H,5,8-14H2,1H3,(H,21,22,23). The van der Waals surface area contributed by atoms with Crippen LogP contribution in [0.15, 0.2) is 30.6 Å². The molecule has 0 aromatic carbocycles. The summed E-state index contributed by atoms with van der Waals surface area (Å²) in [6.07, 6.45) is 4.79. The number of aryl methyl sites for hydroxylation is 1. The molecule has 2 aliphatic heterocycles. The zero-order chi connectivity index (χ0) is 17.8. The lowest BCUT2D eigenvalue weighted by Gasteiger charge is -2.28. The van der Waals surface area contributed by atoms with E-state index < -0.39 is 0 Å². The number of nitrogens with one attached hydrogen (secondary N) is 1. The number of likely N-dealkylation sites (tertiary alicyclic amines) is 1. The number of rotatable bonds is 5. The summed E-state index contributed by atoms with van der Waals surface area (Å²) in [5.74, 6) is 1.70. The van der Waals surface area contributed by atoms with Gasteiger partial charge in [-0.3, -0.25) is 9.88 Å². The summed E-state index contributed by atoms with van der Waals surface area (Å²) in [5.41, 5.74) is 2.42. The van der Waals surface area contributed by atoms with Crippen molar-refractivity contribution in [3.05, 3.63) is 41.9 Å². The van der Waals surface area contributed by atoms with E-state index in [1.54, 1.807) is 0 Å². The third-order valence-corrected chi connectivity index (χ3v) is 5.09. The molecule has 4 heterocycles. The molecule has 26 heavy (non-hydrogen) atoms. The molecule has 0 spiro atoms. The minimum absolute atomic E-state index is 0.381. The fraction of sp³-hybridized carbons (Fsp3) is 0.526. The highest BCUT2D eigenvalue weighted by Crippen LogP contribution is 2.19. The van der Waals surface area contributed by atoms with E-state index in [2.05, 4.69) is 38.1 Å². The van der Waals surface area contributed by atoms with Gasteiger partial charge < -0.3 is 15.0 Å². The quantitative estimate of drug-likeness (QED) is 0.877. The van der Waals surface area contributed by atoms with Crippen LogP contribution in [-0.2, 0) is 11.3 Å². The van der Waals surface area contributed by atoms with Gasteiger partial charge in [0.05, 0.1) is 13.2 Å². The molecule has 2 saturated heterocycles. The first kappa shape index (κ1) is 17.2. The molecule has 2 aromatic rings. The number of hydrogen-bond donors (Lipinski definition) is 1. The van der Waals surface area contributed by atoms with Gasteiger partial charge in [0.2, 0.25) is 5.95 Å². The van der Waals surface area contributed by atoms with Gasteiger partial charge in [0, 0.05) is 56.9 Å². The van der Waals surface area contributed by atoms with Gasteiger partial charge in [0.15, 0.2) is 0 Å². The minimum atomic E-state index is 0.381. The Labute approximate surface area is 154 Å². The summed E-state index contributed by atoms with van der Waals surface area (Å²) >= 11 is 0. The molecule has 2 aliphatic rings. The van der Waals surface area contributed by atoms with Crippen molar-refractivity contribution < 1.29 is 4.74 Å². The molecule has 1 N–H and O–H groups in total. The lowest BCUT2D eigenvalue weighted by atomic mass is 10.2. The summed E-state index contributed by atoms with van der Waals surface area (Å²) < 4.78 is 5.42. The molecular formula is C19H26N6O. The summed E-state index contributed by atoms with van der Waals surface area (Å²) in [5, 5.41) is 3.51. The average Bonchev–Trinajstić information content (AvgIpc) is 3.11. The number of hydrogen-bond acceptors (Lipinski definition) is 7. The maximum Gasteiger partial charge on any atom is 0.224 e. The highest BCUT2D eigenvalue weighted by atomic mass is 16.5. The third kappa shape index (κ3) is 4.11. The average molecular weight is 354 g/mol. The van der Waals surface area contributed by atoms with Crippen LogP contribution in [-0.4, -0.2) is 65.3 Å². The van der Waals surface area contributed by atoms with Crippen LogP contribution in [0.2, 0.25) is 0 Å². The van der Waals surface area contributed by atoms with Crippen molar-refractivity contribution in [3.8, 4) is 0 Å². The summed E-state index contributed by atoms with van der Waals surface area (Å²) in [4.78, 5) is 18.2. The van der Waals surface area contributed by atoms with Gasteiger partial charge in [-0.1, -0.05) is 6.07 Å². The van der Waals surface area contributed by atoms with E-state index in [1.807, 2.05) is 24.5 Å². The Morgan fingerprint density at radius 3 is 2.88 bits per heavy atom. The van der Waals surface area contributed by atoms with E-state index >= 15 is 0 Å². The topological polar surface area (TPSA) is 66.4 Å². The molecule has 0 aliphatic carbocycles. The van der Waals surface area contributed by atoms with Crippen LogP contribution in [0.4, 0.5) is 11.8 Å². The van der Waals surface area contributed by atoms with E-state index in [1.165, 1.54) is 5.56 Å². The van der Waals surface area contributed by atoms with Crippen LogP contribution in [0.1, 0.15) is 17.7 Å². The number of nitrogens with zero attached hydrogens (tertiary/aromatic N) is 5. The number of aromatic nitrogens is 3. The van der Waals surface area contributed by atoms with E-state index in [9.17, 15) is 0 Å². The highest BCUT2D eigenvalue weighted by molar-refractivity contribution is 5.43. The van der Waals surface area contributed by atoms with Crippen LogP contribution in [0.3, 0.4) is 0 Å². The maximum atomic E-state index is 5.42. The van der Waals surface area contributed by atoms with Gasteiger partial charge in [0.25, 0.3) is 0 Å². The molecule has 0 bridgehead atoms. The summed E-state index contributed by atoms with van der Waals surface area (Å²) in [6, 6.07) is 6.53. The van der Waals surface area contributed by atoms with Gasteiger partial charge in [0.1, 0.15) is 5.82 Å². The highest BCUT2D eigenvalue weighted by Gasteiger charge is 2.24. The Kier molecular flexibility index (Phi) is 5.26. The van der Waals surface area contributed by atoms with E-state index in [0.29, 0.717) is 6.04 Å². The first-order valence-electron chi connectivity index (χ1n) is 9.33. The SMILES string of the molecule is Cc1ncccc1CN1CCC(Nc2nccc(N3CCOCC3)n2)C1. The van der Waals surface area contributed by atoms with Gasteiger partial charge in [-0.15, -0.1) is 0 Å². The second kappa shape index (κ2) is 7.97. The minimum Gasteiger partial charge on any atom is -0.378 e. The molecule has 2 fully saturated rings. The molecule has 0 radical (unpaired) electrons. The molecule has 4 rings (SSSR count). The van der Waals surface area contributed by atoms with Crippen LogP contribution in [0.5, 0.6) is 0 Å². The Morgan fingerprint density at radius 2 is 2.04 bits per heavy atom. The molecule has 138 valence electrons. The molecule has 1 unspecified atom stereocenters. The second-order valence-electron chi connectivity index (χ2n) is 6.95. The molecule has 7 nitrogen and oxygen atoms in total.